The normalized spacial score (nSPS) is 10.1. The molecule has 0 fully saturated rings. The van der Waals surface area contributed by atoms with E-state index in [9.17, 15) is 9.59 Å². The molecule has 0 aromatic carbocycles. The number of H-pyrrole nitrogens is 2. The van der Waals surface area contributed by atoms with Gasteiger partial charge in [-0.1, -0.05) is 45.2 Å². The van der Waals surface area contributed by atoms with Crippen LogP contribution in [0.4, 0.5) is 11.5 Å². The molecule has 1 heterocycles. The van der Waals surface area contributed by atoms with Gasteiger partial charge >= 0.3 is 5.69 Å². The van der Waals surface area contributed by atoms with Crippen LogP contribution in [0.3, 0.4) is 0 Å². The van der Waals surface area contributed by atoms with Gasteiger partial charge in [-0.15, -0.1) is 0 Å². The average molecular weight is 264 g/mol. The minimum absolute atomic E-state index is 0.000709. The summed E-state index contributed by atoms with van der Waals surface area (Å²) in [6.07, 6.45) is 4.99. The number of allylic oxidation sites excluding steroid dienone is 2. The SMILES string of the molecule is C=C/C=C(\C=C)CNc1c(N)[nH]c(=O)[nH]c1=O.CC. The van der Waals surface area contributed by atoms with Crippen LogP contribution in [0.2, 0.25) is 0 Å². The lowest BCUT2D eigenvalue weighted by Crippen LogP contribution is -2.27. The van der Waals surface area contributed by atoms with Crippen LogP contribution in [-0.4, -0.2) is 16.5 Å². The summed E-state index contributed by atoms with van der Waals surface area (Å²) in [6.45, 7) is 11.5. The lowest BCUT2D eigenvalue weighted by molar-refractivity contribution is 1.04. The van der Waals surface area contributed by atoms with Gasteiger partial charge in [0.25, 0.3) is 5.56 Å². The molecule has 1 aromatic rings. The van der Waals surface area contributed by atoms with E-state index in [0.29, 0.717) is 6.54 Å². The van der Waals surface area contributed by atoms with E-state index in [1.807, 2.05) is 13.8 Å². The largest absolute Gasteiger partial charge is 0.383 e. The van der Waals surface area contributed by atoms with Gasteiger partial charge in [0.15, 0.2) is 0 Å². The van der Waals surface area contributed by atoms with Gasteiger partial charge in [0.05, 0.1) is 0 Å². The smallest absolute Gasteiger partial charge is 0.327 e. The first kappa shape index (κ1) is 16.5. The Morgan fingerprint density at radius 1 is 1.32 bits per heavy atom. The van der Waals surface area contributed by atoms with Crippen LogP contribution < -0.4 is 22.3 Å². The van der Waals surface area contributed by atoms with E-state index >= 15 is 0 Å². The second kappa shape index (κ2) is 8.57. The maximum atomic E-state index is 11.4. The lowest BCUT2D eigenvalue weighted by atomic mass is 10.2. The van der Waals surface area contributed by atoms with E-state index in [1.54, 1.807) is 18.2 Å². The fraction of sp³-hybridized carbons (Fsp3) is 0.231. The van der Waals surface area contributed by atoms with Crippen molar-refractivity contribution in [3.8, 4) is 0 Å². The molecule has 6 heteroatoms. The van der Waals surface area contributed by atoms with E-state index < -0.39 is 11.2 Å². The highest BCUT2D eigenvalue weighted by molar-refractivity contribution is 5.60. The number of nitrogen functional groups attached to an aromatic ring is 1. The van der Waals surface area contributed by atoms with Gasteiger partial charge < -0.3 is 11.1 Å². The molecule has 5 N–H and O–H groups in total. The summed E-state index contributed by atoms with van der Waals surface area (Å²) in [5.41, 5.74) is 5.29. The highest BCUT2D eigenvalue weighted by Crippen LogP contribution is 2.07. The number of aromatic nitrogens is 2. The number of anilines is 2. The van der Waals surface area contributed by atoms with E-state index in [0.717, 1.165) is 5.57 Å². The first-order valence-corrected chi connectivity index (χ1v) is 5.88. The number of hydrogen-bond donors (Lipinski definition) is 4. The van der Waals surface area contributed by atoms with Gasteiger partial charge in [-0.05, 0) is 5.57 Å². The molecular formula is C13H20N4O2. The Hall–Kier alpha value is -2.50. The van der Waals surface area contributed by atoms with Crippen molar-refractivity contribution in [2.24, 2.45) is 0 Å². The second-order valence-corrected chi connectivity index (χ2v) is 3.23. The zero-order valence-corrected chi connectivity index (χ0v) is 11.2. The Bertz CT molecular complexity index is 567. The third-order valence-corrected chi connectivity index (χ3v) is 2.04. The van der Waals surface area contributed by atoms with E-state index in [4.69, 9.17) is 5.73 Å². The molecule has 0 spiro atoms. The number of rotatable bonds is 5. The van der Waals surface area contributed by atoms with Crippen molar-refractivity contribution in [3.05, 3.63) is 57.8 Å². The van der Waals surface area contributed by atoms with Crippen LogP contribution >= 0.6 is 0 Å². The first-order valence-electron chi connectivity index (χ1n) is 5.88. The van der Waals surface area contributed by atoms with Crippen LogP contribution in [0.15, 0.2) is 46.5 Å². The molecular weight excluding hydrogens is 244 g/mol. The predicted molar refractivity (Wildman–Crippen MR) is 80.4 cm³/mol. The van der Waals surface area contributed by atoms with Gasteiger partial charge in [0.2, 0.25) is 0 Å². The van der Waals surface area contributed by atoms with Crippen LogP contribution in [-0.2, 0) is 0 Å². The Balaban J connectivity index is 0.00000154. The van der Waals surface area contributed by atoms with Gasteiger partial charge in [-0.25, -0.2) is 4.79 Å². The molecule has 1 rings (SSSR count). The fourth-order valence-corrected chi connectivity index (χ4v) is 1.22. The van der Waals surface area contributed by atoms with Crippen molar-refractivity contribution < 1.29 is 0 Å². The highest BCUT2D eigenvalue weighted by Gasteiger charge is 2.05. The fourth-order valence-electron chi connectivity index (χ4n) is 1.22. The summed E-state index contributed by atoms with van der Waals surface area (Å²) in [5, 5.41) is 2.82. The molecule has 6 nitrogen and oxygen atoms in total. The molecule has 0 saturated heterocycles. The average Bonchev–Trinajstić information content (AvgIpc) is 2.38. The Morgan fingerprint density at radius 3 is 2.42 bits per heavy atom. The van der Waals surface area contributed by atoms with Gasteiger partial charge in [0.1, 0.15) is 11.5 Å². The van der Waals surface area contributed by atoms with Crippen LogP contribution in [0.5, 0.6) is 0 Å². The van der Waals surface area contributed by atoms with Crippen molar-refractivity contribution in [2.75, 3.05) is 17.6 Å². The zero-order chi connectivity index (χ0) is 14.8. The van der Waals surface area contributed by atoms with E-state index in [2.05, 4.69) is 28.4 Å². The standard InChI is InChI=1S/C11H14N4O2.C2H6/c1-3-5-7(4-2)6-13-8-9(12)14-11(17)15-10(8)16;1-2/h3-5,13H,1-2,6H2,(H4,12,14,15,16,17);1-2H3/b7-5+;. The number of aromatic amines is 2. The summed E-state index contributed by atoms with van der Waals surface area (Å²) in [6, 6.07) is 0. The number of nitrogens with two attached hydrogens (primary N) is 1. The number of nitrogens with one attached hydrogen (secondary N) is 3. The molecule has 0 amide bonds. The molecule has 0 aliphatic carbocycles. The maximum Gasteiger partial charge on any atom is 0.327 e. The summed E-state index contributed by atoms with van der Waals surface area (Å²) >= 11 is 0. The Morgan fingerprint density at radius 2 is 1.95 bits per heavy atom. The Kier molecular flexibility index (Phi) is 7.44. The molecule has 0 radical (unpaired) electrons. The summed E-state index contributed by atoms with van der Waals surface area (Å²) in [5.74, 6) is 0.000709. The quantitative estimate of drug-likeness (QED) is 0.603. The molecule has 0 aliphatic heterocycles. The zero-order valence-electron chi connectivity index (χ0n) is 11.2. The Labute approximate surface area is 111 Å². The molecule has 0 atom stereocenters. The predicted octanol–water partition coefficient (Wildman–Crippen LogP) is 1.38. The van der Waals surface area contributed by atoms with Crippen LogP contribution in [0, 0.1) is 0 Å². The minimum Gasteiger partial charge on any atom is -0.383 e. The summed E-state index contributed by atoms with van der Waals surface area (Å²) < 4.78 is 0. The third-order valence-electron chi connectivity index (χ3n) is 2.04. The van der Waals surface area contributed by atoms with Crippen molar-refractivity contribution in [2.45, 2.75) is 13.8 Å². The molecule has 104 valence electrons. The third kappa shape index (κ3) is 5.12. The molecule has 0 unspecified atom stereocenters. The van der Waals surface area contributed by atoms with Crippen molar-refractivity contribution in [1.82, 2.24) is 9.97 Å². The monoisotopic (exact) mass is 264 g/mol. The molecule has 0 bridgehead atoms. The van der Waals surface area contributed by atoms with Gasteiger partial charge in [-0.3, -0.25) is 14.8 Å². The molecule has 1 aromatic heterocycles. The van der Waals surface area contributed by atoms with Crippen molar-refractivity contribution in [1.29, 1.82) is 0 Å². The highest BCUT2D eigenvalue weighted by atomic mass is 16.2. The topological polar surface area (TPSA) is 104 Å². The molecule has 0 aliphatic rings. The number of hydrogen-bond acceptors (Lipinski definition) is 4. The second-order valence-electron chi connectivity index (χ2n) is 3.23. The van der Waals surface area contributed by atoms with Crippen LogP contribution in [0.25, 0.3) is 0 Å². The summed E-state index contributed by atoms with van der Waals surface area (Å²) in [7, 11) is 0. The molecule has 19 heavy (non-hydrogen) atoms. The van der Waals surface area contributed by atoms with E-state index in [1.165, 1.54) is 0 Å². The van der Waals surface area contributed by atoms with Crippen LogP contribution in [0.1, 0.15) is 13.8 Å². The van der Waals surface area contributed by atoms with Gasteiger partial charge in [0, 0.05) is 6.54 Å². The molecule has 0 saturated carbocycles. The minimum atomic E-state index is -0.636. The first-order chi connectivity index (χ1) is 9.08. The van der Waals surface area contributed by atoms with Crippen molar-refractivity contribution >= 4 is 11.5 Å². The van der Waals surface area contributed by atoms with Gasteiger partial charge in [-0.2, -0.15) is 0 Å². The lowest BCUT2D eigenvalue weighted by Gasteiger charge is -2.07. The van der Waals surface area contributed by atoms with E-state index in [-0.39, 0.29) is 11.5 Å². The van der Waals surface area contributed by atoms with Crippen molar-refractivity contribution in [3.63, 3.8) is 0 Å². The summed E-state index contributed by atoms with van der Waals surface area (Å²) in [4.78, 5) is 26.7. The maximum absolute atomic E-state index is 11.4.